The summed E-state index contributed by atoms with van der Waals surface area (Å²) >= 11 is 0. The lowest BCUT2D eigenvalue weighted by Gasteiger charge is -2.12. The average Bonchev–Trinajstić information content (AvgIpc) is 2.47. The van der Waals surface area contributed by atoms with Crippen molar-refractivity contribution in [3.63, 3.8) is 0 Å². The van der Waals surface area contributed by atoms with Gasteiger partial charge in [-0.25, -0.2) is 4.39 Å². The van der Waals surface area contributed by atoms with Crippen molar-refractivity contribution in [2.75, 3.05) is 7.11 Å². The Morgan fingerprint density at radius 1 is 1.20 bits per heavy atom. The van der Waals surface area contributed by atoms with Crippen molar-refractivity contribution in [3.05, 3.63) is 65.5 Å². The van der Waals surface area contributed by atoms with E-state index in [1.54, 1.807) is 19.2 Å². The molecule has 0 amide bonds. The van der Waals surface area contributed by atoms with E-state index in [2.05, 4.69) is 0 Å². The first kappa shape index (κ1) is 14.7. The van der Waals surface area contributed by atoms with Crippen LogP contribution in [0.5, 0.6) is 5.75 Å². The molecule has 2 atom stereocenters. The quantitative estimate of drug-likeness (QED) is 0.837. The Morgan fingerprint density at radius 2 is 1.90 bits per heavy atom. The number of halogens is 1. The standard InChI is InChI=1S/C16H17FO2S/c1-12(14-6-8-15(17)9-7-14)20(18)11-13-4-3-5-16(10-13)19-2/h3-10,12H,11H2,1-2H3. The van der Waals surface area contributed by atoms with E-state index in [0.717, 1.165) is 16.9 Å². The molecule has 0 saturated carbocycles. The molecular formula is C16H17FO2S. The van der Waals surface area contributed by atoms with Crippen LogP contribution in [0.1, 0.15) is 23.3 Å². The third-order valence-corrected chi connectivity index (χ3v) is 4.86. The van der Waals surface area contributed by atoms with Crippen molar-refractivity contribution in [1.29, 1.82) is 0 Å². The molecule has 2 rings (SSSR count). The molecule has 0 radical (unpaired) electrons. The van der Waals surface area contributed by atoms with Gasteiger partial charge in [-0.05, 0) is 42.3 Å². The van der Waals surface area contributed by atoms with Crippen LogP contribution in [0.4, 0.5) is 4.39 Å². The summed E-state index contributed by atoms with van der Waals surface area (Å²) in [6, 6.07) is 13.7. The third-order valence-electron chi connectivity index (χ3n) is 3.18. The second kappa shape index (κ2) is 6.66. The summed E-state index contributed by atoms with van der Waals surface area (Å²) in [5.74, 6) is 0.934. The fourth-order valence-corrected chi connectivity index (χ4v) is 3.16. The van der Waals surface area contributed by atoms with Gasteiger partial charge in [-0.2, -0.15) is 0 Å². The number of ether oxygens (including phenoxy) is 1. The van der Waals surface area contributed by atoms with E-state index in [0.29, 0.717) is 5.75 Å². The number of benzene rings is 2. The van der Waals surface area contributed by atoms with Gasteiger partial charge in [0.05, 0.1) is 12.4 Å². The Labute approximate surface area is 121 Å². The second-order valence-corrected chi connectivity index (χ2v) is 6.33. The van der Waals surface area contributed by atoms with Gasteiger partial charge in [0.1, 0.15) is 11.6 Å². The average molecular weight is 292 g/mol. The normalized spacial score (nSPS) is 13.8. The van der Waals surface area contributed by atoms with E-state index in [1.807, 2.05) is 31.2 Å². The molecule has 2 aromatic rings. The van der Waals surface area contributed by atoms with E-state index in [1.165, 1.54) is 12.1 Å². The van der Waals surface area contributed by atoms with E-state index >= 15 is 0 Å². The van der Waals surface area contributed by atoms with Gasteiger partial charge in [0, 0.05) is 16.6 Å². The highest BCUT2D eigenvalue weighted by Crippen LogP contribution is 2.23. The zero-order valence-corrected chi connectivity index (χ0v) is 12.3. The maximum Gasteiger partial charge on any atom is 0.123 e. The maximum atomic E-state index is 12.9. The monoisotopic (exact) mass is 292 g/mol. The zero-order valence-electron chi connectivity index (χ0n) is 11.5. The lowest BCUT2D eigenvalue weighted by Crippen LogP contribution is -2.05. The first-order chi connectivity index (χ1) is 9.60. The minimum absolute atomic E-state index is 0.137. The van der Waals surface area contributed by atoms with Crippen LogP contribution in [0.2, 0.25) is 0 Å². The van der Waals surface area contributed by atoms with Gasteiger partial charge >= 0.3 is 0 Å². The van der Waals surface area contributed by atoms with Crippen molar-refractivity contribution in [2.45, 2.75) is 17.9 Å². The molecule has 0 heterocycles. The fourth-order valence-electron chi connectivity index (χ4n) is 1.94. The summed E-state index contributed by atoms with van der Waals surface area (Å²) in [4.78, 5) is 0. The van der Waals surface area contributed by atoms with Crippen molar-refractivity contribution in [3.8, 4) is 5.75 Å². The summed E-state index contributed by atoms with van der Waals surface area (Å²) in [6.45, 7) is 1.89. The fraction of sp³-hybridized carbons (Fsp3) is 0.250. The molecular weight excluding hydrogens is 275 g/mol. The molecule has 2 nitrogen and oxygen atoms in total. The van der Waals surface area contributed by atoms with Crippen molar-refractivity contribution in [2.24, 2.45) is 0 Å². The first-order valence-electron chi connectivity index (χ1n) is 6.35. The molecule has 4 heteroatoms. The molecule has 0 saturated heterocycles. The highest BCUT2D eigenvalue weighted by atomic mass is 32.2. The molecule has 0 aliphatic heterocycles. The van der Waals surface area contributed by atoms with Gasteiger partial charge in [0.2, 0.25) is 0 Å². The van der Waals surface area contributed by atoms with Crippen LogP contribution in [0, 0.1) is 5.82 Å². The lowest BCUT2D eigenvalue weighted by molar-refractivity contribution is 0.414. The van der Waals surface area contributed by atoms with Crippen LogP contribution in [0.3, 0.4) is 0 Å². The van der Waals surface area contributed by atoms with Crippen molar-refractivity contribution < 1.29 is 13.3 Å². The van der Waals surface area contributed by atoms with Gasteiger partial charge in [-0.3, -0.25) is 4.21 Å². The summed E-state index contributed by atoms with van der Waals surface area (Å²) in [5, 5.41) is -0.137. The topological polar surface area (TPSA) is 26.3 Å². The zero-order chi connectivity index (χ0) is 14.5. The predicted octanol–water partition coefficient (Wildman–Crippen LogP) is 3.84. The molecule has 0 spiro atoms. The second-order valence-electron chi connectivity index (χ2n) is 4.57. The van der Waals surface area contributed by atoms with E-state index in [-0.39, 0.29) is 11.1 Å². The smallest absolute Gasteiger partial charge is 0.123 e. The Bertz CT molecular complexity index is 596. The highest BCUT2D eigenvalue weighted by Gasteiger charge is 2.14. The van der Waals surface area contributed by atoms with Crippen LogP contribution in [0.15, 0.2) is 48.5 Å². The van der Waals surface area contributed by atoms with Crippen LogP contribution in [-0.2, 0) is 16.6 Å². The molecule has 2 unspecified atom stereocenters. The summed E-state index contributed by atoms with van der Waals surface area (Å²) in [7, 11) is 0.547. The molecule has 0 N–H and O–H groups in total. The van der Waals surface area contributed by atoms with Gasteiger partial charge < -0.3 is 4.74 Å². The van der Waals surface area contributed by atoms with Gasteiger partial charge in [0.15, 0.2) is 0 Å². The van der Waals surface area contributed by atoms with Gasteiger partial charge in [-0.15, -0.1) is 0 Å². The molecule has 20 heavy (non-hydrogen) atoms. The number of hydrogen-bond donors (Lipinski definition) is 0. The summed E-state index contributed by atoms with van der Waals surface area (Å²) in [5.41, 5.74) is 1.85. The minimum atomic E-state index is -1.06. The molecule has 0 aliphatic carbocycles. The van der Waals surface area contributed by atoms with Crippen LogP contribution >= 0.6 is 0 Å². The Hall–Kier alpha value is -1.68. The summed E-state index contributed by atoms with van der Waals surface area (Å²) < 4.78 is 30.4. The Balaban J connectivity index is 2.09. The highest BCUT2D eigenvalue weighted by molar-refractivity contribution is 7.84. The van der Waals surface area contributed by atoms with Gasteiger partial charge in [0.25, 0.3) is 0 Å². The largest absolute Gasteiger partial charge is 0.497 e. The van der Waals surface area contributed by atoms with Gasteiger partial charge in [-0.1, -0.05) is 24.3 Å². The van der Waals surface area contributed by atoms with Crippen LogP contribution < -0.4 is 4.74 Å². The molecule has 0 aromatic heterocycles. The molecule has 0 fully saturated rings. The van der Waals surface area contributed by atoms with Crippen molar-refractivity contribution in [1.82, 2.24) is 0 Å². The number of hydrogen-bond acceptors (Lipinski definition) is 2. The molecule has 106 valence electrons. The van der Waals surface area contributed by atoms with E-state index < -0.39 is 10.8 Å². The molecule has 0 bridgehead atoms. The number of rotatable bonds is 5. The van der Waals surface area contributed by atoms with Crippen molar-refractivity contribution >= 4 is 10.8 Å². The Morgan fingerprint density at radius 3 is 2.55 bits per heavy atom. The first-order valence-corrected chi connectivity index (χ1v) is 7.74. The van der Waals surface area contributed by atoms with E-state index in [4.69, 9.17) is 4.74 Å². The van der Waals surface area contributed by atoms with E-state index in [9.17, 15) is 8.60 Å². The minimum Gasteiger partial charge on any atom is -0.497 e. The van der Waals surface area contributed by atoms with Crippen LogP contribution in [-0.4, -0.2) is 11.3 Å². The molecule has 2 aromatic carbocycles. The predicted molar refractivity (Wildman–Crippen MR) is 79.7 cm³/mol. The lowest BCUT2D eigenvalue weighted by atomic mass is 10.2. The molecule has 0 aliphatic rings. The maximum absolute atomic E-state index is 12.9. The summed E-state index contributed by atoms with van der Waals surface area (Å²) in [6.07, 6.45) is 0. The Kier molecular flexibility index (Phi) is 4.90. The third kappa shape index (κ3) is 3.67. The number of methoxy groups -OCH3 is 1. The van der Waals surface area contributed by atoms with Crippen LogP contribution in [0.25, 0.3) is 0 Å². The SMILES string of the molecule is COc1cccc(CS(=O)C(C)c2ccc(F)cc2)c1.